The molecule has 1 N–H and O–H groups in total. The van der Waals surface area contributed by atoms with Crippen LogP contribution < -0.4 is 0 Å². The van der Waals surface area contributed by atoms with Gasteiger partial charge in [-0.1, -0.05) is 17.7 Å². The second-order valence-electron chi connectivity index (χ2n) is 5.11. The molecule has 3 rings (SSSR count). The molecule has 0 aliphatic carbocycles. The third-order valence-electron chi connectivity index (χ3n) is 3.37. The van der Waals surface area contributed by atoms with Gasteiger partial charge in [-0.2, -0.15) is 0 Å². The van der Waals surface area contributed by atoms with E-state index in [1.165, 1.54) is 18.2 Å². The Balaban J connectivity index is 2.10. The average Bonchev–Trinajstić information content (AvgIpc) is 2.86. The van der Waals surface area contributed by atoms with Gasteiger partial charge in [0.2, 0.25) is 0 Å². The van der Waals surface area contributed by atoms with Crippen LogP contribution in [0.1, 0.15) is 11.4 Å². The molecule has 0 fully saturated rings. The predicted molar refractivity (Wildman–Crippen MR) is 86.9 cm³/mol. The Morgan fingerprint density at radius 1 is 1.33 bits per heavy atom. The van der Waals surface area contributed by atoms with Crippen LogP contribution in [0.25, 0.3) is 5.65 Å². The Labute approximate surface area is 141 Å². The second-order valence-corrected chi connectivity index (χ2v) is 5.52. The second kappa shape index (κ2) is 6.37. The van der Waals surface area contributed by atoms with Crippen molar-refractivity contribution >= 4 is 34.7 Å². The lowest BCUT2D eigenvalue weighted by Gasteiger charge is -2.01. The lowest BCUT2D eigenvalue weighted by molar-refractivity contribution is -0.136. The topological polar surface area (TPSA) is 79.3 Å². The highest BCUT2D eigenvalue weighted by atomic mass is 35.5. The van der Waals surface area contributed by atoms with Crippen LogP contribution in [0.3, 0.4) is 0 Å². The number of hydrogen-bond acceptors (Lipinski definition) is 4. The molecule has 2 heterocycles. The zero-order valence-corrected chi connectivity index (χ0v) is 13.3. The number of rotatable bonds is 4. The van der Waals surface area contributed by atoms with E-state index in [-0.39, 0.29) is 11.4 Å². The summed E-state index contributed by atoms with van der Waals surface area (Å²) in [6.45, 7) is 1.85. The zero-order chi connectivity index (χ0) is 17.3. The van der Waals surface area contributed by atoms with E-state index < -0.39 is 11.8 Å². The van der Waals surface area contributed by atoms with Crippen molar-refractivity contribution in [1.82, 2.24) is 9.38 Å². The van der Waals surface area contributed by atoms with E-state index >= 15 is 0 Å². The van der Waals surface area contributed by atoms with Crippen LogP contribution in [0.2, 0.25) is 5.02 Å². The monoisotopic (exact) mass is 346 g/mol. The first-order chi connectivity index (χ1) is 11.5. The molecule has 122 valence electrons. The number of halogens is 2. The van der Waals surface area contributed by atoms with E-state index in [0.717, 1.165) is 5.69 Å². The van der Waals surface area contributed by atoms with Crippen molar-refractivity contribution in [1.29, 1.82) is 0 Å². The number of carboxylic acids is 1. The summed E-state index contributed by atoms with van der Waals surface area (Å²) in [6.07, 6.45) is -0.278. The highest BCUT2D eigenvalue weighted by molar-refractivity contribution is 6.30. The maximum absolute atomic E-state index is 13.2. The van der Waals surface area contributed by atoms with E-state index in [4.69, 9.17) is 16.7 Å². The highest BCUT2D eigenvalue weighted by Crippen LogP contribution is 2.27. The summed E-state index contributed by atoms with van der Waals surface area (Å²) < 4.78 is 14.9. The SMILES string of the molecule is Cc1cccc2nc(CC(=O)O)c(N=Nc3ccc(F)c(Cl)c3)n12. The Kier molecular flexibility index (Phi) is 4.26. The molecule has 0 bridgehead atoms. The van der Waals surface area contributed by atoms with Crippen molar-refractivity contribution < 1.29 is 14.3 Å². The van der Waals surface area contributed by atoms with Crippen molar-refractivity contribution in [3.05, 3.63) is 58.6 Å². The quantitative estimate of drug-likeness (QED) is 0.707. The number of benzene rings is 1. The average molecular weight is 347 g/mol. The minimum absolute atomic E-state index is 0.0634. The van der Waals surface area contributed by atoms with Crippen LogP contribution in [-0.2, 0) is 11.2 Å². The minimum Gasteiger partial charge on any atom is -0.481 e. The molecule has 8 heteroatoms. The first-order valence-electron chi connectivity index (χ1n) is 7.01. The molecule has 0 spiro atoms. The normalized spacial score (nSPS) is 11.5. The predicted octanol–water partition coefficient (Wildman–Crippen LogP) is 4.48. The van der Waals surface area contributed by atoms with Gasteiger partial charge in [0, 0.05) is 5.69 Å². The Morgan fingerprint density at radius 2 is 2.12 bits per heavy atom. The van der Waals surface area contributed by atoms with Gasteiger partial charge in [-0.15, -0.1) is 10.2 Å². The fourth-order valence-corrected chi connectivity index (χ4v) is 2.47. The molecule has 0 unspecified atom stereocenters. The number of fused-ring (bicyclic) bond motifs is 1. The third-order valence-corrected chi connectivity index (χ3v) is 3.66. The smallest absolute Gasteiger partial charge is 0.309 e. The maximum Gasteiger partial charge on any atom is 0.309 e. The van der Waals surface area contributed by atoms with Gasteiger partial charge in [-0.3, -0.25) is 9.20 Å². The third kappa shape index (κ3) is 3.11. The number of hydrogen-bond donors (Lipinski definition) is 1. The highest BCUT2D eigenvalue weighted by Gasteiger charge is 2.16. The number of imidazole rings is 1. The lowest BCUT2D eigenvalue weighted by atomic mass is 10.3. The van der Waals surface area contributed by atoms with Crippen LogP contribution >= 0.6 is 11.6 Å². The van der Waals surface area contributed by atoms with Crippen molar-refractivity contribution in [3.8, 4) is 0 Å². The number of aliphatic carboxylic acids is 1. The minimum atomic E-state index is -1.02. The molecule has 0 aliphatic heterocycles. The van der Waals surface area contributed by atoms with Gasteiger partial charge < -0.3 is 5.11 Å². The summed E-state index contributed by atoms with van der Waals surface area (Å²) in [4.78, 5) is 15.4. The fraction of sp³-hybridized carbons (Fsp3) is 0.125. The molecule has 1 aromatic carbocycles. The number of nitrogens with zero attached hydrogens (tertiary/aromatic N) is 4. The summed E-state index contributed by atoms with van der Waals surface area (Å²) in [5, 5.41) is 17.2. The van der Waals surface area contributed by atoms with Gasteiger partial charge >= 0.3 is 5.97 Å². The molecule has 2 aromatic heterocycles. The molecule has 0 saturated heterocycles. The van der Waals surface area contributed by atoms with Crippen molar-refractivity contribution in [3.63, 3.8) is 0 Å². The van der Waals surface area contributed by atoms with Crippen LogP contribution in [-0.4, -0.2) is 20.5 Å². The summed E-state index contributed by atoms with van der Waals surface area (Å²) in [5.41, 5.74) is 2.07. The van der Waals surface area contributed by atoms with E-state index in [2.05, 4.69) is 15.2 Å². The molecular formula is C16H12ClFN4O2. The molecule has 0 saturated carbocycles. The van der Waals surface area contributed by atoms with Crippen LogP contribution in [0.4, 0.5) is 15.9 Å². The molecule has 0 aliphatic rings. The summed E-state index contributed by atoms with van der Waals surface area (Å²) in [5.74, 6) is -1.24. The molecule has 0 radical (unpaired) electrons. The largest absolute Gasteiger partial charge is 0.481 e. The van der Waals surface area contributed by atoms with E-state index in [0.29, 0.717) is 22.8 Å². The fourth-order valence-electron chi connectivity index (χ4n) is 2.30. The van der Waals surface area contributed by atoms with Crippen molar-refractivity contribution in [2.45, 2.75) is 13.3 Å². The van der Waals surface area contributed by atoms with Gasteiger partial charge in [0.05, 0.1) is 22.8 Å². The van der Waals surface area contributed by atoms with Gasteiger partial charge in [0.25, 0.3) is 0 Å². The van der Waals surface area contributed by atoms with Crippen molar-refractivity contribution in [2.24, 2.45) is 10.2 Å². The van der Waals surface area contributed by atoms with E-state index in [9.17, 15) is 9.18 Å². The number of carbonyl (C=O) groups is 1. The zero-order valence-electron chi connectivity index (χ0n) is 12.6. The number of aryl methyl sites for hydroxylation is 1. The van der Waals surface area contributed by atoms with Crippen LogP contribution in [0.5, 0.6) is 0 Å². The number of carboxylic acid groups (broad SMARTS) is 1. The standard InChI is InChI=1S/C16H12ClFN4O2/c1-9-3-2-4-14-19-13(8-15(23)24)16(22(9)14)21-20-10-5-6-12(18)11(17)7-10/h2-7H,8H2,1H3,(H,23,24). The van der Waals surface area contributed by atoms with Gasteiger partial charge in [0.1, 0.15) is 11.5 Å². The molecule has 0 amide bonds. The molecule has 3 aromatic rings. The molecular weight excluding hydrogens is 335 g/mol. The van der Waals surface area contributed by atoms with Crippen LogP contribution in [0.15, 0.2) is 46.6 Å². The molecule has 0 atom stereocenters. The Bertz CT molecular complexity index is 968. The maximum atomic E-state index is 13.2. The van der Waals surface area contributed by atoms with E-state index in [1.807, 2.05) is 19.1 Å². The number of aromatic nitrogens is 2. The van der Waals surface area contributed by atoms with E-state index in [1.54, 1.807) is 10.5 Å². The van der Waals surface area contributed by atoms with Gasteiger partial charge in [-0.05, 0) is 37.3 Å². The summed E-state index contributed by atoms with van der Waals surface area (Å²) in [7, 11) is 0. The van der Waals surface area contributed by atoms with Crippen LogP contribution in [0, 0.1) is 12.7 Å². The first kappa shape index (κ1) is 16.1. The summed E-state index contributed by atoms with van der Waals surface area (Å²) in [6, 6.07) is 9.39. The summed E-state index contributed by atoms with van der Waals surface area (Å²) >= 11 is 5.72. The number of azo groups is 1. The Morgan fingerprint density at radius 3 is 2.83 bits per heavy atom. The van der Waals surface area contributed by atoms with Gasteiger partial charge in [-0.25, -0.2) is 9.37 Å². The molecule has 6 nitrogen and oxygen atoms in total. The van der Waals surface area contributed by atoms with Crippen molar-refractivity contribution in [2.75, 3.05) is 0 Å². The Hall–Kier alpha value is -2.80. The number of pyridine rings is 1. The first-order valence-corrected chi connectivity index (χ1v) is 7.39. The van der Waals surface area contributed by atoms with Gasteiger partial charge in [0.15, 0.2) is 5.82 Å². The lowest BCUT2D eigenvalue weighted by Crippen LogP contribution is -2.00. The molecule has 24 heavy (non-hydrogen) atoms.